The summed E-state index contributed by atoms with van der Waals surface area (Å²) < 4.78 is 0. The number of nitro groups is 1. The summed E-state index contributed by atoms with van der Waals surface area (Å²) >= 11 is 0. The van der Waals surface area contributed by atoms with Crippen LogP contribution in [0.3, 0.4) is 0 Å². The van der Waals surface area contributed by atoms with Crippen molar-refractivity contribution < 1.29 is 14.8 Å². The molecule has 1 rings (SSSR count). The van der Waals surface area contributed by atoms with E-state index >= 15 is 0 Å². The SMILES string of the molecule is CC(C(=O)O)N(C)c1ccc([N+](=O)[O-])c(N)n1. The first kappa shape index (κ1) is 12.7. The van der Waals surface area contributed by atoms with E-state index in [0.717, 1.165) is 0 Å². The van der Waals surface area contributed by atoms with Gasteiger partial charge in [0.25, 0.3) is 0 Å². The molecule has 92 valence electrons. The summed E-state index contributed by atoms with van der Waals surface area (Å²) in [5, 5.41) is 19.3. The summed E-state index contributed by atoms with van der Waals surface area (Å²) in [6.07, 6.45) is 0. The van der Waals surface area contributed by atoms with Gasteiger partial charge in [0.15, 0.2) is 0 Å². The first-order chi connectivity index (χ1) is 7.84. The lowest BCUT2D eigenvalue weighted by atomic mass is 10.3. The third-order valence-electron chi connectivity index (χ3n) is 2.38. The number of rotatable bonds is 4. The molecular weight excluding hydrogens is 228 g/mol. The predicted octanol–water partition coefficient (Wildman–Crippen LogP) is 0.481. The Hall–Kier alpha value is -2.38. The van der Waals surface area contributed by atoms with Crippen LogP contribution < -0.4 is 10.6 Å². The molecule has 0 saturated heterocycles. The van der Waals surface area contributed by atoms with Gasteiger partial charge in [-0.15, -0.1) is 0 Å². The third-order valence-corrected chi connectivity index (χ3v) is 2.38. The number of carboxylic acid groups (broad SMARTS) is 1. The van der Waals surface area contributed by atoms with Crippen molar-refractivity contribution in [2.24, 2.45) is 0 Å². The van der Waals surface area contributed by atoms with Gasteiger partial charge in [-0.2, -0.15) is 0 Å². The number of nitrogen functional groups attached to an aromatic ring is 1. The zero-order valence-corrected chi connectivity index (χ0v) is 9.32. The van der Waals surface area contributed by atoms with Crippen molar-refractivity contribution in [1.82, 2.24) is 4.98 Å². The van der Waals surface area contributed by atoms with Gasteiger partial charge >= 0.3 is 11.7 Å². The van der Waals surface area contributed by atoms with Gasteiger partial charge in [-0.1, -0.05) is 0 Å². The van der Waals surface area contributed by atoms with Gasteiger partial charge in [0.2, 0.25) is 5.82 Å². The van der Waals surface area contributed by atoms with Gasteiger partial charge in [-0.3, -0.25) is 10.1 Å². The molecule has 1 aromatic heterocycles. The predicted molar refractivity (Wildman–Crippen MR) is 60.8 cm³/mol. The number of aliphatic carboxylic acids is 1. The first-order valence-corrected chi connectivity index (χ1v) is 4.71. The van der Waals surface area contributed by atoms with Crippen molar-refractivity contribution in [3.8, 4) is 0 Å². The molecule has 1 heterocycles. The lowest BCUT2D eigenvalue weighted by Crippen LogP contribution is -2.36. The van der Waals surface area contributed by atoms with Crippen molar-refractivity contribution in [1.29, 1.82) is 0 Å². The van der Waals surface area contributed by atoms with Crippen LogP contribution in [-0.2, 0) is 4.79 Å². The van der Waals surface area contributed by atoms with Crippen molar-refractivity contribution in [3.63, 3.8) is 0 Å². The van der Waals surface area contributed by atoms with Gasteiger partial charge in [0.05, 0.1) is 4.92 Å². The number of anilines is 2. The summed E-state index contributed by atoms with van der Waals surface area (Å²) in [6.45, 7) is 1.47. The minimum absolute atomic E-state index is 0.239. The smallest absolute Gasteiger partial charge is 0.326 e. The normalized spacial score (nSPS) is 11.9. The fraction of sp³-hybridized carbons (Fsp3) is 0.333. The Morgan fingerprint density at radius 3 is 2.65 bits per heavy atom. The van der Waals surface area contributed by atoms with E-state index in [1.54, 1.807) is 0 Å². The molecule has 8 heteroatoms. The Labute approximate surface area is 96.8 Å². The maximum atomic E-state index is 10.8. The fourth-order valence-electron chi connectivity index (χ4n) is 1.17. The largest absolute Gasteiger partial charge is 0.480 e. The molecular formula is C9H12N4O4. The van der Waals surface area contributed by atoms with Gasteiger partial charge in [0, 0.05) is 13.1 Å². The van der Waals surface area contributed by atoms with Gasteiger partial charge in [-0.25, -0.2) is 9.78 Å². The molecule has 0 saturated carbocycles. The molecule has 0 aromatic carbocycles. The number of carboxylic acids is 1. The summed E-state index contributed by atoms with van der Waals surface area (Å²) in [5.74, 6) is -0.994. The summed E-state index contributed by atoms with van der Waals surface area (Å²) in [6, 6.07) is 1.75. The number of nitrogens with two attached hydrogens (primary N) is 1. The summed E-state index contributed by atoms with van der Waals surface area (Å²) in [7, 11) is 1.52. The van der Waals surface area contributed by atoms with E-state index < -0.39 is 16.9 Å². The van der Waals surface area contributed by atoms with Crippen LogP contribution in [-0.4, -0.2) is 34.1 Å². The van der Waals surface area contributed by atoms with Crippen molar-refractivity contribution in [3.05, 3.63) is 22.2 Å². The fourth-order valence-corrected chi connectivity index (χ4v) is 1.17. The zero-order chi connectivity index (χ0) is 13.2. The second kappa shape index (κ2) is 4.64. The lowest BCUT2D eigenvalue weighted by Gasteiger charge is -2.22. The van der Waals surface area contributed by atoms with E-state index in [0.29, 0.717) is 0 Å². The number of carbonyl (C=O) groups is 1. The molecule has 1 atom stereocenters. The molecule has 0 spiro atoms. The minimum Gasteiger partial charge on any atom is -0.480 e. The molecule has 0 radical (unpaired) electrons. The third kappa shape index (κ3) is 2.60. The molecule has 17 heavy (non-hydrogen) atoms. The molecule has 0 aliphatic rings. The van der Waals surface area contributed by atoms with Gasteiger partial charge in [-0.05, 0) is 13.0 Å². The molecule has 0 fully saturated rings. The van der Waals surface area contributed by atoms with E-state index in [1.165, 1.54) is 31.0 Å². The van der Waals surface area contributed by atoms with Crippen molar-refractivity contribution >= 4 is 23.3 Å². The van der Waals surface area contributed by atoms with Crippen LogP contribution in [0.2, 0.25) is 0 Å². The van der Waals surface area contributed by atoms with Crippen LogP contribution in [0.15, 0.2) is 12.1 Å². The summed E-state index contributed by atoms with van der Waals surface area (Å²) in [4.78, 5) is 25.8. The van der Waals surface area contributed by atoms with E-state index in [1.807, 2.05) is 0 Å². The second-order valence-electron chi connectivity index (χ2n) is 3.46. The van der Waals surface area contributed by atoms with Crippen LogP contribution in [0.5, 0.6) is 0 Å². The maximum absolute atomic E-state index is 10.8. The Morgan fingerprint density at radius 2 is 2.24 bits per heavy atom. The molecule has 1 aromatic rings. The monoisotopic (exact) mass is 240 g/mol. The van der Waals surface area contributed by atoms with E-state index in [9.17, 15) is 14.9 Å². The minimum atomic E-state index is -1.02. The molecule has 0 aliphatic heterocycles. The van der Waals surface area contributed by atoms with E-state index in [-0.39, 0.29) is 17.3 Å². The molecule has 0 amide bonds. The Balaban J connectivity index is 3.05. The van der Waals surface area contributed by atoms with E-state index in [2.05, 4.69) is 4.98 Å². The summed E-state index contributed by atoms with van der Waals surface area (Å²) in [5.41, 5.74) is 5.11. The Morgan fingerprint density at radius 1 is 1.65 bits per heavy atom. The highest BCUT2D eigenvalue weighted by Crippen LogP contribution is 2.23. The lowest BCUT2D eigenvalue weighted by molar-refractivity contribution is -0.384. The highest BCUT2D eigenvalue weighted by molar-refractivity contribution is 5.77. The number of hydrogen-bond acceptors (Lipinski definition) is 6. The number of likely N-dealkylation sites (N-methyl/N-ethyl adjacent to an activating group) is 1. The molecule has 0 aliphatic carbocycles. The van der Waals surface area contributed by atoms with Crippen LogP contribution >= 0.6 is 0 Å². The van der Waals surface area contributed by atoms with Crippen molar-refractivity contribution in [2.75, 3.05) is 17.7 Å². The number of nitrogens with zero attached hydrogens (tertiary/aromatic N) is 3. The molecule has 1 unspecified atom stereocenters. The molecule has 8 nitrogen and oxygen atoms in total. The highest BCUT2D eigenvalue weighted by atomic mass is 16.6. The average molecular weight is 240 g/mol. The Bertz CT molecular complexity index is 462. The number of hydrogen-bond donors (Lipinski definition) is 2. The topological polar surface area (TPSA) is 123 Å². The van der Waals surface area contributed by atoms with E-state index in [4.69, 9.17) is 10.8 Å². The van der Waals surface area contributed by atoms with Gasteiger partial charge in [0.1, 0.15) is 11.9 Å². The number of pyridine rings is 1. The van der Waals surface area contributed by atoms with Crippen LogP contribution in [0.25, 0.3) is 0 Å². The number of aromatic nitrogens is 1. The first-order valence-electron chi connectivity index (χ1n) is 4.71. The zero-order valence-electron chi connectivity index (χ0n) is 9.32. The van der Waals surface area contributed by atoms with Gasteiger partial charge < -0.3 is 15.7 Å². The second-order valence-corrected chi connectivity index (χ2v) is 3.46. The van der Waals surface area contributed by atoms with Crippen LogP contribution in [0.4, 0.5) is 17.3 Å². The van der Waals surface area contributed by atoms with Crippen molar-refractivity contribution in [2.45, 2.75) is 13.0 Å². The Kier molecular flexibility index (Phi) is 3.46. The maximum Gasteiger partial charge on any atom is 0.326 e. The van der Waals surface area contributed by atoms with Crippen LogP contribution in [0, 0.1) is 10.1 Å². The highest BCUT2D eigenvalue weighted by Gasteiger charge is 2.20. The standard InChI is InChI=1S/C9H12N4O4/c1-5(9(14)15)12(2)7-4-3-6(13(16)17)8(10)11-7/h3-5H,1-2H3,(H2,10,11)(H,14,15). The molecule has 0 bridgehead atoms. The average Bonchev–Trinajstić information content (AvgIpc) is 2.26. The quantitative estimate of drug-likeness (QED) is 0.579. The van der Waals surface area contributed by atoms with Crippen LogP contribution in [0.1, 0.15) is 6.92 Å². The molecule has 3 N–H and O–H groups in total.